The van der Waals surface area contributed by atoms with Crippen LogP contribution in [-0.4, -0.2) is 41.0 Å². The van der Waals surface area contributed by atoms with Gasteiger partial charge in [0.05, 0.1) is 15.4 Å². The van der Waals surface area contributed by atoms with Crippen LogP contribution < -0.4 is 4.90 Å². The predicted octanol–water partition coefficient (Wildman–Crippen LogP) is 5.99. The van der Waals surface area contributed by atoms with Crippen molar-refractivity contribution >= 4 is 51.3 Å². The Morgan fingerprint density at radius 2 is 1.63 bits per heavy atom. The van der Waals surface area contributed by atoms with E-state index in [1.54, 1.807) is 11.3 Å². The summed E-state index contributed by atoms with van der Waals surface area (Å²) >= 11 is 14.0. The van der Waals surface area contributed by atoms with Crippen LogP contribution in [0.3, 0.4) is 0 Å². The average molecular weight is 455 g/mol. The van der Waals surface area contributed by atoms with E-state index >= 15 is 0 Å². The number of fused-ring (bicyclic) bond motifs is 1. The molecule has 5 rings (SSSR count). The van der Waals surface area contributed by atoms with Crippen LogP contribution in [0.2, 0.25) is 10.0 Å². The minimum Gasteiger partial charge on any atom is -0.353 e. The van der Waals surface area contributed by atoms with E-state index in [0.29, 0.717) is 10.8 Å². The molecule has 7 heteroatoms. The molecule has 0 aliphatic carbocycles. The molecule has 2 aromatic carbocycles. The highest BCUT2D eigenvalue weighted by Crippen LogP contribution is 2.34. The Balaban J connectivity index is 1.40. The summed E-state index contributed by atoms with van der Waals surface area (Å²) in [6, 6.07) is 18.2. The fourth-order valence-corrected chi connectivity index (χ4v) is 5.02. The zero-order valence-corrected chi connectivity index (χ0v) is 18.6. The SMILES string of the molecule is Clc1ccc(CN2CCN(c3nc(-c4sccc4Cl)nc4ccccc34)CC2)cc1. The number of rotatable bonds is 4. The lowest BCUT2D eigenvalue weighted by Gasteiger charge is -2.36. The van der Waals surface area contributed by atoms with Gasteiger partial charge in [-0.05, 0) is 41.3 Å². The zero-order valence-electron chi connectivity index (χ0n) is 16.3. The number of halogens is 2. The maximum absolute atomic E-state index is 6.37. The number of hydrogen-bond donors (Lipinski definition) is 0. The highest BCUT2D eigenvalue weighted by molar-refractivity contribution is 7.14. The molecule has 2 aromatic heterocycles. The van der Waals surface area contributed by atoms with E-state index in [1.807, 2.05) is 41.8 Å². The van der Waals surface area contributed by atoms with Gasteiger partial charge in [-0.3, -0.25) is 4.90 Å². The zero-order chi connectivity index (χ0) is 20.5. The van der Waals surface area contributed by atoms with E-state index in [0.717, 1.165) is 59.3 Å². The first-order chi connectivity index (χ1) is 14.7. The molecular formula is C23H20Cl2N4S. The number of para-hydroxylation sites is 1. The largest absolute Gasteiger partial charge is 0.353 e. The normalized spacial score (nSPS) is 15.1. The van der Waals surface area contributed by atoms with Crippen molar-refractivity contribution in [3.63, 3.8) is 0 Å². The van der Waals surface area contributed by atoms with E-state index in [2.05, 4.69) is 28.0 Å². The molecule has 0 atom stereocenters. The topological polar surface area (TPSA) is 32.3 Å². The lowest BCUT2D eigenvalue weighted by Crippen LogP contribution is -2.46. The lowest BCUT2D eigenvalue weighted by atomic mass is 10.1. The number of anilines is 1. The van der Waals surface area contributed by atoms with E-state index in [4.69, 9.17) is 33.2 Å². The molecule has 1 fully saturated rings. The van der Waals surface area contributed by atoms with Gasteiger partial charge in [-0.1, -0.05) is 47.5 Å². The number of nitrogens with zero attached hydrogens (tertiary/aromatic N) is 4. The minimum absolute atomic E-state index is 0.701. The molecule has 0 N–H and O–H groups in total. The Morgan fingerprint density at radius 3 is 2.37 bits per heavy atom. The van der Waals surface area contributed by atoms with Crippen LogP contribution in [0.15, 0.2) is 60.0 Å². The van der Waals surface area contributed by atoms with Gasteiger partial charge in [0.25, 0.3) is 0 Å². The third kappa shape index (κ3) is 4.03. The Labute approximate surface area is 189 Å². The summed E-state index contributed by atoms with van der Waals surface area (Å²) in [6.07, 6.45) is 0. The van der Waals surface area contributed by atoms with Crippen molar-refractivity contribution in [2.24, 2.45) is 0 Å². The van der Waals surface area contributed by atoms with Crippen LogP contribution in [-0.2, 0) is 6.54 Å². The number of piperazine rings is 1. The Morgan fingerprint density at radius 1 is 0.867 bits per heavy atom. The summed E-state index contributed by atoms with van der Waals surface area (Å²) < 4.78 is 0. The first kappa shape index (κ1) is 19.8. The van der Waals surface area contributed by atoms with Gasteiger partial charge in [0.15, 0.2) is 5.82 Å². The average Bonchev–Trinajstić information content (AvgIpc) is 3.21. The third-order valence-electron chi connectivity index (χ3n) is 5.39. The molecule has 1 aliphatic heterocycles. The highest BCUT2D eigenvalue weighted by atomic mass is 35.5. The molecule has 0 amide bonds. The van der Waals surface area contributed by atoms with Gasteiger partial charge in [0, 0.05) is 43.1 Å². The van der Waals surface area contributed by atoms with E-state index < -0.39 is 0 Å². The molecule has 152 valence electrons. The standard InChI is InChI=1S/C23H20Cl2N4S/c24-17-7-5-16(6-8-17)15-28-10-12-29(13-11-28)23-18-3-1-2-4-20(18)26-22(27-23)21-19(25)9-14-30-21/h1-9,14H,10-13,15H2. The smallest absolute Gasteiger partial charge is 0.173 e. The first-order valence-corrected chi connectivity index (χ1v) is 11.5. The fraction of sp³-hybridized carbons (Fsp3) is 0.217. The molecule has 0 radical (unpaired) electrons. The Hall–Kier alpha value is -2.18. The summed E-state index contributed by atoms with van der Waals surface area (Å²) in [4.78, 5) is 15.5. The van der Waals surface area contributed by atoms with E-state index in [-0.39, 0.29) is 0 Å². The summed E-state index contributed by atoms with van der Waals surface area (Å²) in [5.74, 6) is 1.69. The first-order valence-electron chi connectivity index (χ1n) is 9.89. The molecule has 1 aliphatic rings. The predicted molar refractivity (Wildman–Crippen MR) is 127 cm³/mol. The lowest BCUT2D eigenvalue weighted by molar-refractivity contribution is 0.249. The Kier molecular flexibility index (Phi) is 5.61. The van der Waals surface area contributed by atoms with Crippen LogP contribution in [0.25, 0.3) is 21.6 Å². The third-order valence-corrected chi connectivity index (χ3v) is 6.98. The van der Waals surface area contributed by atoms with Gasteiger partial charge in [0.1, 0.15) is 5.82 Å². The van der Waals surface area contributed by atoms with Gasteiger partial charge >= 0.3 is 0 Å². The van der Waals surface area contributed by atoms with Gasteiger partial charge in [-0.25, -0.2) is 9.97 Å². The summed E-state index contributed by atoms with van der Waals surface area (Å²) in [5.41, 5.74) is 2.24. The maximum atomic E-state index is 6.37. The summed E-state index contributed by atoms with van der Waals surface area (Å²) in [6.45, 7) is 4.75. The molecule has 3 heterocycles. The van der Waals surface area contributed by atoms with Crippen LogP contribution in [0, 0.1) is 0 Å². The molecule has 30 heavy (non-hydrogen) atoms. The van der Waals surface area contributed by atoms with Crippen molar-refractivity contribution < 1.29 is 0 Å². The Bertz CT molecular complexity index is 1170. The van der Waals surface area contributed by atoms with Crippen LogP contribution in [0.1, 0.15) is 5.56 Å². The molecule has 0 bridgehead atoms. The van der Waals surface area contributed by atoms with Crippen molar-refractivity contribution in [2.75, 3.05) is 31.1 Å². The number of hydrogen-bond acceptors (Lipinski definition) is 5. The second-order valence-electron chi connectivity index (χ2n) is 7.38. The van der Waals surface area contributed by atoms with Crippen LogP contribution in [0.4, 0.5) is 5.82 Å². The number of thiophene rings is 1. The van der Waals surface area contributed by atoms with Crippen molar-refractivity contribution in [3.8, 4) is 10.7 Å². The molecule has 0 spiro atoms. The maximum Gasteiger partial charge on any atom is 0.173 e. The molecular weight excluding hydrogens is 435 g/mol. The van der Waals surface area contributed by atoms with Gasteiger partial charge < -0.3 is 4.90 Å². The summed E-state index contributed by atoms with van der Waals surface area (Å²) in [7, 11) is 0. The van der Waals surface area contributed by atoms with Crippen LogP contribution >= 0.6 is 34.5 Å². The van der Waals surface area contributed by atoms with E-state index in [9.17, 15) is 0 Å². The van der Waals surface area contributed by atoms with Gasteiger partial charge in [-0.15, -0.1) is 11.3 Å². The number of aromatic nitrogens is 2. The van der Waals surface area contributed by atoms with Gasteiger partial charge in [0.2, 0.25) is 0 Å². The molecule has 4 nitrogen and oxygen atoms in total. The number of benzene rings is 2. The molecule has 4 aromatic rings. The van der Waals surface area contributed by atoms with Crippen molar-refractivity contribution in [3.05, 3.63) is 75.6 Å². The fourth-order valence-electron chi connectivity index (χ4n) is 3.82. The summed E-state index contributed by atoms with van der Waals surface area (Å²) in [5, 5.41) is 4.54. The molecule has 1 saturated heterocycles. The quantitative estimate of drug-likeness (QED) is 0.379. The molecule has 0 saturated carbocycles. The van der Waals surface area contributed by atoms with Crippen LogP contribution in [0.5, 0.6) is 0 Å². The second-order valence-corrected chi connectivity index (χ2v) is 9.14. The van der Waals surface area contributed by atoms with Crippen molar-refractivity contribution in [1.82, 2.24) is 14.9 Å². The highest BCUT2D eigenvalue weighted by Gasteiger charge is 2.22. The van der Waals surface area contributed by atoms with Crippen molar-refractivity contribution in [2.45, 2.75) is 6.54 Å². The van der Waals surface area contributed by atoms with Crippen molar-refractivity contribution in [1.29, 1.82) is 0 Å². The molecule has 0 unspecified atom stereocenters. The minimum atomic E-state index is 0.701. The monoisotopic (exact) mass is 454 g/mol. The van der Waals surface area contributed by atoms with Gasteiger partial charge in [-0.2, -0.15) is 0 Å². The van der Waals surface area contributed by atoms with E-state index in [1.165, 1.54) is 5.56 Å². The second kappa shape index (κ2) is 8.52.